The molecule has 0 aliphatic carbocycles. The van der Waals surface area contributed by atoms with Crippen molar-refractivity contribution in [3.63, 3.8) is 0 Å². The van der Waals surface area contributed by atoms with Crippen LogP contribution in [0.15, 0.2) is 52.9 Å². The Kier molecular flexibility index (Phi) is 3.70. The number of rotatable bonds is 5. The molecule has 3 aromatic rings. The standard InChI is InChI=1S/C17H14O5/c1-20-12-7-8-13-14(9-12)15(16(18)19)22-17(13)21-10-11-5-3-2-4-6-11/h2-9H,10H2,1H3,(H,18,19). The first-order chi connectivity index (χ1) is 10.7. The second kappa shape index (κ2) is 5.81. The number of hydrogen-bond donors (Lipinski definition) is 1. The molecule has 0 saturated heterocycles. The van der Waals surface area contributed by atoms with E-state index in [0.29, 0.717) is 23.1 Å². The fraction of sp³-hybridized carbons (Fsp3) is 0.118. The van der Waals surface area contributed by atoms with Gasteiger partial charge in [0.05, 0.1) is 12.5 Å². The van der Waals surface area contributed by atoms with E-state index in [2.05, 4.69) is 0 Å². The van der Waals surface area contributed by atoms with Crippen LogP contribution in [0.1, 0.15) is 16.1 Å². The predicted molar refractivity (Wildman–Crippen MR) is 80.5 cm³/mol. The van der Waals surface area contributed by atoms with E-state index in [1.54, 1.807) is 18.2 Å². The molecule has 5 heteroatoms. The van der Waals surface area contributed by atoms with Crippen LogP contribution in [0, 0.1) is 0 Å². The molecule has 0 spiro atoms. The second-order valence-electron chi connectivity index (χ2n) is 4.71. The quantitative estimate of drug-likeness (QED) is 0.777. The van der Waals surface area contributed by atoms with Crippen molar-refractivity contribution < 1.29 is 23.8 Å². The van der Waals surface area contributed by atoms with Crippen molar-refractivity contribution in [2.75, 3.05) is 7.11 Å². The van der Waals surface area contributed by atoms with Crippen LogP contribution in [0.5, 0.6) is 11.7 Å². The number of hydrogen-bond acceptors (Lipinski definition) is 4. The lowest BCUT2D eigenvalue weighted by atomic mass is 10.1. The van der Waals surface area contributed by atoms with Gasteiger partial charge in [-0.05, 0) is 23.8 Å². The van der Waals surface area contributed by atoms with Crippen LogP contribution in [0.2, 0.25) is 0 Å². The van der Waals surface area contributed by atoms with Crippen LogP contribution in [-0.4, -0.2) is 18.2 Å². The Morgan fingerprint density at radius 2 is 1.91 bits per heavy atom. The Morgan fingerprint density at radius 1 is 1.14 bits per heavy atom. The molecule has 0 aliphatic rings. The smallest absolute Gasteiger partial charge is 0.372 e. The highest BCUT2D eigenvalue weighted by molar-refractivity contribution is 6.04. The van der Waals surface area contributed by atoms with Crippen LogP contribution in [0.3, 0.4) is 0 Å². The van der Waals surface area contributed by atoms with Crippen molar-refractivity contribution in [3.05, 3.63) is 59.9 Å². The van der Waals surface area contributed by atoms with E-state index in [1.165, 1.54) is 7.11 Å². The number of furan rings is 1. The SMILES string of the molecule is COc1ccc2c(OCc3ccccc3)oc(C(=O)O)c2c1. The highest BCUT2D eigenvalue weighted by Gasteiger charge is 2.20. The molecule has 0 saturated carbocycles. The molecule has 112 valence electrons. The van der Waals surface area contributed by atoms with Gasteiger partial charge in [-0.2, -0.15) is 0 Å². The molecule has 0 aliphatic heterocycles. The van der Waals surface area contributed by atoms with Gasteiger partial charge in [0.2, 0.25) is 5.76 Å². The Bertz CT molecular complexity index is 805. The molecule has 0 amide bonds. The summed E-state index contributed by atoms with van der Waals surface area (Å²) in [5.41, 5.74) is 0.970. The lowest BCUT2D eigenvalue weighted by Crippen LogP contribution is -1.95. The average Bonchev–Trinajstić information content (AvgIpc) is 2.92. The van der Waals surface area contributed by atoms with Crippen molar-refractivity contribution in [3.8, 4) is 11.7 Å². The summed E-state index contributed by atoms with van der Waals surface area (Å²) >= 11 is 0. The average molecular weight is 298 g/mol. The van der Waals surface area contributed by atoms with Crippen molar-refractivity contribution in [1.82, 2.24) is 0 Å². The van der Waals surface area contributed by atoms with Gasteiger partial charge >= 0.3 is 5.97 Å². The number of fused-ring (bicyclic) bond motifs is 1. The van der Waals surface area contributed by atoms with Gasteiger partial charge in [-0.25, -0.2) is 4.79 Å². The summed E-state index contributed by atoms with van der Waals surface area (Å²) in [5.74, 6) is -0.547. The molecular formula is C17H14O5. The normalized spacial score (nSPS) is 10.6. The minimum Gasteiger partial charge on any atom is -0.497 e. The first kappa shape index (κ1) is 14.0. The molecular weight excluding hydrogens is 284 g/mol. The molecule has 0 unspecified atom stereocenters. The Balaban J connectivity index is 1.97. The van der Waals surface area contributed by atoms with Gasteiger partial charge in [-0.1, -0.05) is 30.3 Å². The molecule has 1 N–H and O–H groups in total. The molecule has 1 heterocycles. The number of benzene rings is 2. The zero-order chi connectivity index (χ0) is 15.5. The Hall–Kier alpha value is -2.95. The molecule has 5 nitrogen and oxygen atoms in total. The maximum atomic E-state index is 11.3. The van der Waals surface area contributed by atoms with Crippen LogP contribution in [0.4, 0.5) is 0 Å². The lowest BCUT2D eigenvalue weighted by Gasteiger charge is -2.03. The Labute approximate surface area is 126 Å². The van der Waals surface area contributed by atoms with Gasteiger partial charge in [0.1, 0.15) is 12.4 Å². The summed E-state index contributed by atoms with van der Waals surface area (Å²) in [7, 11) is 1.52. The van der Waals surface area contributed by atoms with E-state index in [4.69, 9.17) is 13.9 Å². The van der Waals surface area contributed by atoms with Crippen molar-refractivity contribution >= 4 is 16.7 Å². The summed E-state index contributed by atoms with van der Waals surface area (Å²) in [5, 5.41) is 10.3. The number of aromatic carboxylic acids is 1. The summed E-state index contributed by atoms with van der Waals surface area (Å²) in [6.45, 7) is 0.300. The van der Waals surface area contributed by atoms with Crippen LogP contribution >= 0.6 is 0 Å². The van der Waals surface area contributed by atoms with Gasteiger partial charge in [0.15, 0.2) is 0 Å². The van der Waals surface area contributed by atoms with Gasteiger partial charge in [0, 0.05) is 5.39 Å². The van der Waals surface area contributed by atoms with Crippen LogP contribution in [-0.2, 0) is 6.61 Å². The van der Waals surface area contributed by atoms with Gasteiger partial charge in [-0.15, -0.1) is 0 Å². The minimum absolute atomic E-state index is 0.156. The summed E-state index contributed by atoms with van der Waals surface area (Å²) in [6.07, 6.45) is 0. The van der Waals surface area contributed by atoms with Crippen molar-refractivity contribution in [1.29, 1.82) is 0 Å². The maximum Gasteiger partial charge on any atom is 0.372 e. The molecule has 22 heavy (non-hydrogen) atoms. The number of carboxylic acids is 1. The fourth-order valence-corrected chi connectivity index (χ4v) is 2.21. The van der Waals surface area contributed by atoms with E-state index in [-0.39, 0.29) is 11.7 Å². The largest absolute Gasteiger partial charge is 0.497 e. The predicted octanol–water partition coefficient (Wildman–Crippen LogP) is 3.72. The van der Waals surface area contributed by atoms with E-state index >= 15 is 0 Å². The van der Waals surface area contributed by atoms with Gasteiger partial charge in [-0.3, -0.25) is 0 Å². The summed E-state index contributed by atoms with van der Waals surface area (Å²) in [6, 6.07) is 14.7. The second-order valence-corrected chi connectivity index (χ2v) is 4.71. The minimum atomic E-state index is -1.15. The van der Waals surface area contributed by atoms with Crippen LogP contribution in [0.25, 0.3) is 10.8 Å². The number of ether oxygens (including phenoxy) is 2. The molecule has 0 atom stereocenters. The topological polar surface area (TPSA) is 68.9 Å². The van der Waals surface area contributed by atoms with E-state index in [9.17, 15) is 9.90 Å². The number of carbonyl (C=O) groups is 1. The van der Waals surface area contributed by atoms with Crippen molar-refractivity contribution in [2.24, 2.45) is 0 Å². The first-order valence-electron chi connectivity index (χ1n) is 6.69. The van der Waals surface area contributed by atoms with Crippen LogP contribution < -0.4 is 9.47 Å². The zero-order valence-electron chi connectivity index (χ0n) is 11.9. The number of carboxylic acid groups (broad SMARTS) is 1. The molecule has 0 bridgehead atoms. The first-order valence-corrected chi connectivity index (χ1v) is 6.69. The van der Waals surface area contributed by atoms with Crippen molar-refractivity contribution in [2.45, 2.75) is 6.61 Å². The molecule has 0 fully saturated rings. The Morgan fingerprint density at radius 3 is 2.59 bits per heavy atom. The van der Waals surface area contributed by atoms with E-state index in [0.717, 1.165) is 5.56 Å². The summed E-state index contributed by atoms with van der Waals surface area (Å²) in [4.78, 5) is 11.3. The highest BCUT2D eigenvalue weighted by atomic mass is 16.6. The lowest BCUT2D eigenvalue weighted by molar-refractivity contribution is 0.0656. The number of methoxy groups -OCH3 is 1. The van der Waals surface area contributed by atoms with E-state index in [1.807, 2.05) is 30.3 Å². The highest BCUT2D eigenvalue weighted by Crippen LogP contribution is 2.35. The molecule has 3 rings (SSSR count). The molecule has 2 aromatic carbocycles. The summed E-state index contributed by atoms with van der Waals surface area (Å²) < 4.78 is 16.1. The zero-order valence-corrected chi connectivity index (χ0v) is 11.9. The fourth-order valence-electron chi connectivity index (χ4n) is 2.21. The third-order valence-corrected chi connectivity index (χ3v) is 3.29. The molecule has 1 aromatic heterocycles. The van der Waals surface area contributed by atoms with Gasteiger partial charge < -0.3 is 19.0 Å². The monoisotopic (exact) mass is 298 g/mol. The third kappa shape index (κ3) is 2.61. The third-order valence-electron chi connectivity index (χ3n) is 3.29. The molecule has 0 radical (unpaired) electrons. The van der Waals surface area contributed by atoms with Gasteiger partial charge in [0.25, 0.3) is 5.95 Å². The maximum absolute atomic E-state index is 11.3. The van der Waals surface area contributed by atoms with E-state index < -0.39 is 5.97 Å².